The van der Waals surface area contributed by atoms with Gasteiger partial charge in [-0.15, -0.1) is 0 Å². The number of aromatic nitrogens is 4. The molecular formula is C21H20ClN5O. The van der Waals surface area contributed by atoms with Crippen molar-refractivity contribution in [2.45, 2.75) is 19.9 Å². The van der Waals surface area contributed by atoms with Gasteiger partial charge in [-0.1, -0.05) is 54.1 Å². The van der Waals surface area contributed by atoms with Crippen LogP contribution in [0.2, 0.25) is 5.15 Å². The molecule has 0 atom stereocenters. The first-order valence-electron chi connectivity index (χ1n) is 9.10. The second-order valence-electron chi connectivity index (χ2n) is 6.60. The third-order valence-electron chi connectivity index (χ3n) is 4.55. The maximum Gasteiger partial charge on any atom is 0.256 e. The van der Waals surface area contributed by atoms with Gasteiger partial charge in [0.15, 0.2) is 0 Å². The zero-order valence-electron chi connectivity index (χ0n) is 15.4. The van der Waals surface area contributed by atoms with E-state index >= 15 is 0 Å². The van der Waals surface area contributed by atoms with Gasteiger partial charge in [-0.25, -0.2) is 9.67 Å². The van der Waals surface area contributed by atoms with Crippen LogP contribution in [0.25, 0.3) is 11.0 Å². The smallest absolute Gasteiger partial charge is 0.256 e. The molecule has 0 aliphatic carbocycles. The fourth-order valence-electron chi connectivity index (χ4n) is 3.18. The average Bonchev–Trinajstić information content (AvgIpc) is 3.22. The number of para-hydroxylation sites is 2. The summed E-state index contributed by atoms with van der Waals surface area (Å²) in [4.78, 5) is 20.4. The first-order chi connectivity index (χ1) is 13.6. The van der Waals surface area contributed by atoms with Crippen LogP contribution < -0.4 is 5.32 Å². The van der Waals surface area contributed by atoms with Gasteiger partial charge in [0, 0.05) is 13.0 Å². The molecule has 28 heavy (non-hydrogen) atoms. The van der Waals surface area contributed by atoms with Crippen LogP contribution in [0.15, 0.2) is 54.6 Å². The molecule has 0 spiro atoms. The number of carbonyl (C=O) groups is 1. The lowest BCUT2D eigenvalue weighted by molar-refractivity contribution is 0.0953. The maximum atomic E-state index is 12.6. The summed E-state index contributed by atoms with van der Waals surface area (Å²) in [6, 6.07) is 17.7. The normalized spacial score (nSPS) is 11.1. The molecule has 2 N–H and O–H groups in total. The van der Waals surface area contributed by atoms with Crippen molar-refractivity contribution in [3.63, 3.8) is 0 Å². The minimum atomic E-state index is -0.224. The van der Waals surface area contributed by atoms with Crippen molar-refractivity contribution in [1.29, 1.82) is 0 Å². The average molecular weight is 394 g/mol. The van der Waals surface area contributed by atoms with E-state index in [1.807, 2.05) is 54.6 Å². The van der Waals surface area contributed by atoms with Gasteiger partial charge in [-0.05, 0) is 24.6 Å². The number of fused-ring (bicyclic) bond motifs is 1. The van der Waals surface area contributed by atoms with Crippen molar-refractivity contribution in [2.75, 3.05) is 6.54 Å². The molecule has 142 valence electrons. The molecule has 0 saturated heterocycles. The number of rotatable bonds is 6. The zero-order valence-corrected chi connectivity index (χ0v) is 16.2. The van der Waals surface area contributed by atoms with E-state index in [0.29, 0.717) is 35.9 Å². The van der Waals surface area contributed by atoms with Gasteiger partial charge in [-0.2, -0.15) is 5.10 Å². The number of hydrogen-bond acceptors (Lipinski definition) is 3. The predicted octanol–water partition coefficient (Wildman–Crippen LogP) is 3.74. The molecule has 2 heterocycles. The van der Waals surface area contributed by atoms with E-state index in [-0.39, 0.29) is 5.91 Å². The summed E-state index contributed by atoms with van der Waals surface area (Å²) >= 11 is 6.44. The molecule has 1 amide bonds. The minimum Gasteiger partial charge on any atom is -0.351 e. The number of nitrogens with one attached hydrogen (secondary N) is 2. The van der Waals surface area contributed by atoms with Crippen LogP contribution in [-0.4, -0.2) is 32.2 Å². The second-order valence-corrected chi connectivity index (χ2v) is 6.96. The summed E-state index contributed by atoms with van der Waals surface area (Å²) in [5.74, 6) is 0.613. The fraction of sp³-hybridized carbons (Fsp3) is 0.190. The third kappa shape index (κ3) is 3.77. The summed E-state index contributed by atoms with van der Waals surface area (Å²) in [5, 5.41) is 7.69. The van der Waals surface area contributed by atoms with E-state index in [9.17, 15) is 4.79 Å². The molecule has 0 fully saturated rings. The molecule has 6 nitrogen and oxygen atoms in total. The highest BCUT2D eigenvalue weighted by atomic mass is 35.5. The Labute approximate surface area is 167 Å². The Morgan fingerprint density at radius 3 is 2.68 bits per heavy atom. The first kappa shape index (κ1) is 18.3. The van der Waals surface area contributed by atoms with Crippen molar-refractivity contribution < 1.29 is 4.79 Å². The molecule has 4 rings (SSSR count). The number of aryl methyl sites for hydroxylation is 1. The monoisotopic (exact) mass is 393 g/mol. The van der Waals surface area contributed by atoms with Crippen LogP contribution in [0.5, 0.6) is 0 Å². The molecule has 0 saturated carbocycles. The highest BCUT2D eigenvalue weighted by Crippen LogP contribution is 2.21. The number of benzene rings is 2. The quantitative estimate of drug-likeness (QED) is 0.524. The van der Waals surface area contributed by atoms with Crippen molar-refractivity contribution in [3.05, 3.63) is 82.4 Å². The lowest BCUT2D eigenvalue weighted by Crippen LogP contribution is -2.26. The van der Waals surface area contributed by atoms with Crippen molar-refractivity contribution in [3.8, 4) is 0 Å². The molecule has 4 aromatic rings. The standard InChI is InChI=1S/C21H20ClN5O/c1-14-19(20(22)27(26-14)13-15-7-3-2-4-8-15)21(28)23-12-11-18-24-16-9-5-6-10-17(16)25-18/h2-10H,11-13H2,1H3,(H,23,28)(H,24,25). The molecule has 0 radical (unpaired) electrons. The summed E-state index contributed by atoms with van der Waals surface area (Å²) < 4.78 is 1.65. The van der Waals surface area contributed by atoms with Gasteiger partial charge in [0.2, 0.25) is 0 Å². The van der Waals surface area contributed by atoms with Crippen molar-refractivity contribution in [2.24, 2.45) is 0 Å². The number of halogens is 1. The van der Waals surface area contributed by atoms with Gasteiger partial charge >= 0.3 is 0 Å². The molecule has 0 aliphatic rings. The number of carbonyl (C=O) groups excluding carboxylic acids is 1. The van der Waals surface area contributed by atoms with Crippen molar-refractivity contribution in [1.82, 2.24) is 25.1 Å². The molecule has 7 heteroatoms. The number of amides is 1. The molecule has 0 bridgehead atoms. The lowest BCUT2D eigenvalue weighted by atomic mass is 10.2. The topological polar surface area (TPSA) is 75.6 Å². The van der Waals surface area contributed by atoms with E-state index in [0.717, 1.165) is 22.4 Å². The van der Waals surface area contributed by atoms with Crippen LogP contribution in [0.4, 0.5) is 0 Å². The third-order valence-corrected chi connectivity index (χ3v) is 4.94. The van der Waals surface area contributed by atoms with Crippen LogP contribution in [0.3, 0.4) is 0 Å². The Morgan fingerprint density at radius 2 is 1.89 bits per heavy atom. The molecule has 0 unspecified atom stereocenters. The summed E-state index contributed by atoms with van der Waals surface area (Å²) in [6.07, 6.45) is 0.606. The minimum absolute atomic E-state index is 0.224. The van der Waals surface area contributed by atoms with Crippen LogP contribution in [-0.2, 0) is 13.0 Å². The Balaban J connectivity index is 1.41. The Hall–Kier alpha value is -3.12. The van der Waals surface area contributed by atoms with E-state index < -0.39 is 0 Å². The number of nitrogens with zero attached hydrogens (tertiary/aromatic N) is 3. The SMILES string of the molecule is Cc1nn(Cc2ccccc2)c(Cl)c1C(=O)NCCc1nc2ccccc2[nH]1. The highest BCUT2D eigenvalue weighted by molar-refractivity contribution is 6.33. The Bertz CT molecular complexity index is 1080. The zero-order chi connectivity index (χ0) is 19.5. The molecule has 2 aromatic heterocycles. The lowest BCUT2D eigenvalue weighted by Gasteiger charge is -2.05. The first-order valence-corrected chi connectivity index (χ1v) is 9.48. The van der Waals surface area contributed by atoms with E-state index in [1.165, 1.54) is 0 Å². The van der Waals surface area contributed by atoms with E-state index in [1.54, 1.807) is 11.6 Å². The second kappa shape index (κ2) is 7.86. The number of H-pyrrole nitrogens is 1. The molecule has 2 aromatic carbocycles. The van der Waals surface area contributed by atoms with Gasteiger partial charge in [0.05, 0.1) is 28.8 Å². The van der Waals surface area contributed by atoms with Gasteiger partial charge in [0.25, 0.3) is 5.91 Å². The fourth-order valence-corrected chi connectivity index (χ4v) is 3.50. The van der Waals surface area contributed by atoms with E-state index in [4.69, 9.17) is 11.6 Å². The van der Waals surface area contributed by atoms with Gasteiger partial charge in [-0.3, -0.25) is 4.79 Å². The van der Waals surface area contributed by atoms with Crippen LogP contribution >= 0.6 is 11.6 Å². The number of imidazole rings is 1. The number of hydrogen-bond donors (Lipinski definition) is 2. The highest BCUT2D eigenvalue weighted by Gasteiger charge is 2.20. The summed E-state index contributed by atoms with van der Waals surface area (Å²) in [6.45, 7) is 2.77. The maximum absolute atomic E-state index is 12.6. The molecular weight excluding hydrogens is 374 g/mol. The van der Waals surface area contributed by atoms with Gasteiger partial charge < -0.3 is 10.3 Å². The van der Waals surface area contributed by atoms with Crippen LogP contribution in [0.1, 0.15) is 27.4 Å². The Kier molecular flexibility index (Phi) is 5.12. The molecule has 0 aliphatic heterocycles. The van der Waals surface area contributed by atoms with Gasteiger partial charge in [0.1, 0.15) is 11.0 Å². The summed E-state index contributed by atoms with van der Waals surface area (Å²) in [5.41, 5.74) is 4.02. The van der Waals surface area contributed by atoms with Crippen molar-refractivity contribution >= 4 is 28.5 Å². The predicted molar refractivity (Wildman–Crippen MR) is 110 cm³/mol. The summed E-state index contributed by atoms with van der Waals surface area (Å²) in [7, 11) is 0. The van der Waals surface area contributed by atoms with E-state index in [2.05, 4.69) is 20.4 Å². The van der Waals surface area contributed by atoms with Crippen LogP contribution in [0, 0.1) is 6.92 Å². The largest absolute Gasteiger partial charge is 0.351 e. The number of aromatic amines is 1. The Morgan fingerprint density at radius 1 is 1.14 bits per heavy atom.